The molecule has 3 aromatic rings. The van der Waals surface area contributed by atoms with E-state index < -0.39 is 26.5 Å². The first-order valence-electron chi connectivity index (χ1n) is 9.24. The lowest BCUT2D eigenvalue weighted by Crippen LogP contribution is -2.22. The van der Waals surface area contributed by atoms with Gasteiger partial charge in [0.05, 0.1) is 24.1 Å². The molecule has 0 spiro atoms. The summed E-state index contributed by atoms with van der Waals surface area (Å²) in [5, 5.41) is 0. The van der Waals surface area contributed by atoms with Gasteiger partial charge in [0.25, 0.3) is 0 Å². The number of hydrogen-bond donors (Lipinski definition) is 0. The zero-order valence-electron chi connectivity index (χ0n) is 16.4. The molecule has 0 saturated heterocycles. The second kappa shape index (κ2) is 7.77. The highest BCUT2D eigenvalue weighted by atomic mass is 32.2. The fourth-order valence-electron chi connectivity index (χ4n) is 3.34. The Morgan fingerprint density at radius 3 is 2.55 bits per heavy atom. The standard InChI is InChI=1S/C21H18F3N3O3S/c1-30-18-8-5-16(21(22,23)24)13-19(18)31(28,29)17-6-3-15(4-7-17)14-27-11-2-10-26-12-9-25-20(26)27/h2-9,11-13H,10,14H2,1H3. The number of nitrogens with zero attached hydrogens (tertiary/aromatic N) is 3. The van der Waals surface area contributed by atoms with Gasteiger partial charge in [-0.15, -0.1) is 0 Å². The first-order chi connectivity index (χ1) is 14.7. The first-order valence-corrected chi connectivity index (χ1v) is 10.7. The van der Waals surface area contributed by atoms with Gasteiger partial charge in [-0.2, -0.15) is 13.2 Å². The van der Waals surface area contributed by atoms with Crippen LogP contribution >= 0.6 is 0 Å². The Bertz CT molecular complexity index is 1230. The second-order valence-electron chi connectivity index (χ2n) is 6.90. The predicted octanol–water partition coefficient (Wildman–Crippen LogP) is 4.28. The van der Waals surface area contributed by atoms with Crippen LogP contribution in [0, 0.1) is 0 Å². The third-order valence-corrected chi connectivity index (χ3v) is 6.70. The molecule has 6 nitrogen and oxygen atoms in total. The minimum atomic E-state index is -4.67. The van der Waals surface area contributed by atoms with Gasteiger partial charge in [-0.05, 0) is 42.0 Å². The fraction of sp³-hybridized carbons (Fsp3) is 0.190. The number of methoxy groups -OCH3 is 1. The molecule has 0 unspecified atom stereocenters. The van der Waals surface area contributed by atoms with Crippen molar-refractivity contribution in [3.63, 3.8) is 0 Å². The van der Waals surface area contributed by atoms with Gasteiger partial charge in [0.1, 0.15) is 10.6 Å². The number of allylic oxidation sites excluding steroid dienone is 1. The number of halogens is 3. The van der Waals surface area contributed by atoms with E-state index in [0.29, 0.717) is 12.6 Å². The molecule has 1 aromatic heterocycles. The van der Waals surface area contributed by atoms with Crippen molar-refractivity contribution in [1.82, 2.24) is 9.55 Å². The zero-order chi connectivity index (χ0) is 22.2. The summed E-state index contributed by atoms with van der Waals surface area (Å²) < 4.78 is 72.4. The van der Waals surface area contributed by atoms with Crippen LogP contribution in [0.2, 0.25) is 0 Å². The van der Waals surface area contributed by atoms with Gasteiger partial charge in [0.15, 0.2) is 0 Å². The van der Waals surface area contributed by atoms with Crippen molar-refractivity contribution >= 4 is 15.8 Å². The van der Waals surface area contributed by atoms with E-state index >= 15 is 0 Å². The Morgan fingerprint density at radius 1 is 1.13 bits per heavy atom. The van der Waals surface area contributed by atoms with Crippen LogP contribution in [0.5, 0.6) is 5.75 Å². The summed E-state index contributed by atoms with van der Waals surface area (Å²) in [5.74, 6) is 0.621. The molecule has 1 aliphatic heterocycles. The van der Waals surface area contributed by atoms with E-state index in [-0.39, 0.29) is 10.6 Å². The molecule has 10 heteroatoms. The van der Waals surface area contributed by atoms with Crippen molar-refractivity contribution in [1.29, 1.82) is 0 Å². The molecular formula is C21H18F3N3O3S. The highest BCUT2D eigenvalue weighted by Crippen LogP contribution is 2.36. The number of sulfone groups is 1. The summed E-state index contributed by atoms with van der Waals surface area (Å²) in [6.45, 7) is 1.18. The Morgan fingerprint density at radius 2 is 1.87 bits per heavy atom. The quantitative estimate of drug-likeness (QED) is 0.582. The Balaban J connectivity index is 1.63. The minimum Gasteiger partial charge on any atom is -0.495 e. The van der Waals surface area contributed by atoms with E-state index in [1.807, 2.05) is 27.9 Å². The lowest BCUT2D eigenvalue weighted by Gasteiger charge is -2.24. The van der Waals surface area contributed by atoms with Crippen molar-refractivity contribution in [2.75, 3.05) is 12.0 Å². The molecule has 31 heavy (non-hydrogen) atoms. The van der Waals surface area contributed by atoms with Crippen LogP contribution in [-0.2, 0) is 29.1 Å². The van der Waals surface area contributed by atoms with E-state index in [9.17, 15) is 21.6 Å². The number of alkyl halides is 3. The van der Waals surface area contributed by atoms with E-state index in [1.54, 1.807) is 18.3 Å². The van der Waals surface area contributed by atoms with Gasteiger partial charge in [-0.1, -0.05) is 12.1 Å². The molecular weight excluding hydrogens is 431 g/mol. The maximum Gasteiger partial charge on any atom is 0.416 e. The maximum absolute atomic E-state index is 13.1. The van der Waals surface area contributed by atoms with Crippen LogP contribution in [0.4, 0.5) is 19.1 Å². The Kier molecular flexibility index (Phi) is 5.26. The highest BCUT2D eigenvalue weighted by molar-refractivity contribution is 7.91. The minimum absolute atomic E-state index is 0.121. The average Bonchev–Trinajstić information content (AvgIpc) is 3.23. The topological polar surface area (TPSA) is 64.4 Å². The van der Waals surface area contributed by atoms with Crippen molar-refractivity contribution in [3.8, 4) is 5.75 Å². The van der Waals surface area contributed by atoms with Gasteiger partial charge >= 0.3 is 6.18 Å². The number of ether oxygens (including phenoxy) is 1. The molecule has 2 aromatic carbocycles. The number of anilines is 1. The van der Waals surface area contributed by atoms with Crippen molar-refractivity contribution < 1.29 is 26.3 Å². The lowest BCUT2D eigenvalue weighted by molar-refractivity contribution is -0.137. The van der Waals surface area contributed by atoms with Gasteiger partial charge in [-0.3, -0.25) is 0 Å². The molecule has 162 valence electrons. The van der Waals surface area contributed by atoms with E-state index in [1.165, 1.54) is 19.2 Å². The summed E-state index contributed by atoms with van der Waals surface area (Å²) >= 11 is 0. The summed E-state index contributed by atoms with van der Waals surface area (Å²) in [4.78, 5) is 5.58. The van der Waals surface area contributed by atoms with Crippen LogP contribution in [-0.4, -0.2) is 25.1 Å². The SMILES string of the molecule is COc1ccc(C(F)(F)F)cc1S(=O)(=O)c1ccc(CN2C=CCn3ccnc32)cc1. The molecule has 0 N–H and O–H groups in total. The number of rotatable bonds is 5. The van der Waals surface area contributed by atoms with Crippen LogP contribution in [0.15, 0.2) is 76.9 Å². The van der Waals surface area contributed by atoms with Crippen LogP contribution in [0.3, 0.4) is 0 Å². The smallest absolute Gasteiger partial charge is 0.416 e. The van der Waals surface area contributed by atoms with Gasteiger partial charge < -0.3 is 14.2 Å². The van der Waals surface area contributed by atoms with Gasteiger partial charge in [-0.25, -0.2) is 13.4 Å². The Labute approximate surface area is 177 Å². The molecule has 0 bridgehead atoms. The molecule has 0 atom stereocenters. The van der Waals surface area contributed by atoms with E-state index in [0.717, 1.165) is 30.2 Å². The molecule has 0 saturated carbocycles. The Hall–Kier alpha value is -3.27. The summed E-state index contributed by atoms with van der Waals surface area (Å²) in [5.41, 5.74) is -0.244. The molecule has 2 heterocycles. The fourth-order valence-corrected chi connectivity index (χ4v) is 4.79. The van der Waals surface area contributed by atoms with Crippen LogP contribution < -0.4 is 9.64 Å². The summed E-state index contributed by atoms with van der Waals surface area (Å²) in [6, 6.07) is 8.41. The van der Waals surface area contributed by atoms with E-state index in [2.05, 4.69) is 4.98 Å². The van der Waals surface area contributed by atoms with Gasteiger partial charge in [0.2, 0.25) is 15.8 Å². The zero-order valence-corrected chi connectivity index (χ0v) is 17.2. The third-order valence-electron chi connectivity index (χ3n) is 4.90. The van der Waals surface area contributed by atoms with Gasteiger partial charge in [0, 0.05) is 25.1 Å². The monoisotopic (exact) mass is 449 g/mol. The second-order valence-corrected chi connectivity index (χ2v) is 8.82. The largest absolute Gasteiger partial charge is 0.495 e. The van der Waals surface area contributed by atoms with Crippen molar-refractivity contribution in [2.24, 2.45) is 0 Å². The lowest BCUT2D eigenvalue weighted by atomic mass is 10.2. The summed E-state index contributed by atoms with van der Waals surface area (Å²) in [7, 11) is -3.01. The number of aromatic nitrogens is 2. The third kappa shape index (κ3) is 4.02. The predicted molar refractivity (Wildman–Crippen MR) is 107 cm³/mol. The normalized spacial score (nSPS) is 13.9. The van der Waals surface area contributed by atoms with Crippen molar-refractivity contribution in [3.05, 3.63) is 78.3 Å². The highest BCUT2D eigenvalue weighted by Gasteiger charge is 2.33. The number of fused-ring (bicyclic) bond motifs is 1. The number of imidazole rings is 1. The average molecular weight is 449 g/mol. The van der Waals surface area contributed by atoms with Crippen molar-refractivity contribution in [2.45, 2.75) is 29.1 Å². The maximum atomic E-state index is 13.1. The molecule has 4 rings (SSSR count). The number of benzene rings is 2. The number of hydrogen-bond acceptors (Lipinski definition) is 5. The van der Waals surface area contributed by atoms with Crippen LogP contribution in [0.1, 0.15) is 11.1 Å². The molecule has 1 aliphatic rings. The molecule has 0 fully saturated rings. The summed E-state index contributed by atoms with van der Waals surface area (Å²) in [6.07, 6.45) is 2.78. The molecule has 0 radical (unpaired) electrons. The first kappa shape index (κ1) is 21.0. The van der Waals surface area contributed by atoms with E-state index in [4.69, 9.17) is 4.74 Å². The van der Waals surface area contributed by atoms with Crippen LogP contribution in [0.25, 0.3) is 0 Å². The molecule has 0 amide bonds. The molecule has 0 aliphatic carbocycles.